The van der Waals surface area contributed by atoms with Gasteiger partial charge in [0, 0.05) is 23.6 Å². The van der Waals surface area contributed by atoms with Crippen molar-refractivity contribution in [2.75, 3.05) is 5.75 Å². The van der Waals surface area contributed by atoms with Gasteiger partial charge in [-0.25, -0.2) is 8.78 Å². The van der Waals surface area contributed by atoms with Gasteiger partial charge in [0.1, 0.15) is 11.6 Å². The molecule has 134 valence electrons. The number of alkyl halides is 3. The van der Waals surface area contributed by atoms with Crippen LogP contribution in [0.4, 0.5) is 22.0 Å². The molecule has 0 aliphatic rings. The Morgan fingerprint density at radius 3 is 2.48 bits per heavy atom. The van der Waals surface area contributed by atoms with E-state index in [0.29, 0.717) is 11.0 Å². The molecule has 0 radical (unpaired) electrons. The first-order chi connectivity index (χ1) is 11.8. The number of carbonyl (C=O) groups is 1. The summed E-state index contributed by atoms with van der Waals surface area (Å²) >= 11 is 1.14. The lowest BCUT2D eigenvalue weighted by atomic mass is 10.1. The number of hydrogen-bond acceptors (Lipinski definition) is 2. The Morgan fingerprint density at radius 1 is 1.08 bits per heavy atom. The topological polar surface area (TPSA) is 29.1 Å². The van der Waals surface area contributed by atoms with Crippen molar-refractivity contribution in [3.05, 3.63) is 65.2 Å². The minimum absolute atomic E-state index is 0.0154. The number of amides is 1. The fraction of sp³-hybridized carbons (Fsp3) is 0.235. The summed E-state index contributed by atoms with van der Waals surface area (Å²) in [5, 5.41) is 2.36. The second-order valence-corrected chi connectivity index (χ2v) is 6.24. The minimum atomic E-state index is -4.71. The largest absolute Gasteiger partial charge is 0.416 e. The molecule has 0 aliphatic carbocycles. The quantitative estimate of drug-likeness (QED) is 0.581. The maximum Gasteiger partial charge on any atom is 0.416 e. The fourth-order valence-electron chi connectivity index (χ4n) is 2.06. The van der Waals surface area contributed by atoms with Gasteiger partial charge in [-0.3, -0.25) is 4.79 Å². The Hall–Kier alpha value is -2.09. The van der Waals surface area contributed by atoms with Crippen molar-refractivity contribution in [1.82, 2.24) is 5.32 Å². The maximum absolute atomic E-state index is 13.4. The zero-order chi connectivity index (χ0) is 18.4. The molecule has 0 fully saturated rings. The maximum atomic E-state index is 13.4. The number of benzene rings is 2. The summed E-state index contributed by atoms with van der Waals surface area (Å²) in [7, 11) is 0. The van der Waals surface area contributed by atoms with Gasteiger partial charge in [-0.15, -0.1) is 11.8 Å². The molecular formula is C17H14F5NOS. The summed E-state index contributed by atoms with van der Waals surface area (Å²) in [6.07, 6.45) is -4.69. The van der Waals surface area contributed by atoms with Crippen LogP contribution in [0.1, 0.15) is 17.5 Å². The van der Waals surface area contributed by atoms with E-state index in [1.807, 2.05) is 0 Å². The Kier molecular flexibility index (Phi) is 6.41. The van der Waals surface area contributed by atoms with Gasteiger partial charge in [0.15, 0.2) is 0 Å². The van der Waals surface area contributed by atoms with Gasteiger partial charge in [-0.1, -0.05) is 18.2 Å². The molecule has 0 saturated carbocycles. The van der Waals surface area contributed by atoms with Crippen molar-refractivity contribution in [2.45, 2.75) is 24.0 Å². The minimum Gasteiger partial charge on any atom is -0.352 e. The van der Waals surface area contributed by atoms with Crippen LogP contribution in [0, 0.1) is 11.6 Å². The smallest absolute Gasteiger partial charge is 0.352 e. The molecule has 2 aromatic carbocycles. The highest BCUT2D eigenvalue weighted by Gasteiger charge is 2.33. The lowest BCUT2D eigenvalue weighted by Gasteiger charge is -2.13. The average Bonchev–Trinajstić information content (AvgIpc) is 2.54. The third kappa shape index (κ3) is 5.74. The number of thioether (sulfide) groups is 1. The van der Waals surface area contributed by atoms with Gasteiger partial charge in [0.05, 0.1) is 5.56 Å². The number of carbonyl (C=O) groups excluding carboxylic acids is 1. The van der Waals surface area contributed by atoms with Gasteiger partial charge >= 0.3 is 6.18 Å². The summed E-state index contributed by atoms with van der Waals surface area (Å²) in [5.41, 5.74) is -1.34. The summed E-state index contributed by atoms with van der Waals surface area (Å²) < 4.78 is 65.0. The van der Waals surface area contributed by atoms with E-state index in [2.05, 4.69) is 5.32 Å². The average molecular weight is 375 g/mol. The molecule has 0 bridgehead atoms. The Bertz CT molecular complexity index is 748. The van der Waals surface area contributed by atoms with E-state index in [1.165, 1.54) is 6.07 Å². The summed E-state index contributed by atoms with van der Waals surface area (Å²) in [6, 6.07) is 8.39. The SMILES string of the molecule is O=C(CCSc1ccccc1F)NCc1ccc(F)cc1C(F)(F)F. The standard InChI is InChI=1S/C17H14F5NOS/c18-12-6-5-11(13(9-12)17(20,21)22)10-23-16(24)7-8-25-15-4-2-1-3-14(15)19/h1-6,9H,7-8,10H2,(H,23,24). The van der Waals surface area contributed by atoms with E-state index >= 15 is 0 Å². The van der Waals surface area contributed by atoms with Crippen LogP contribution in [0.25, 0.3) is 0 Å². The molecule has 1 amide bonds. The molecule has 8 heteroatoms. The summed E-state index contributed by atoms with van der Waals surface area (Å²) in [6.45, 7) is -0.363. The second kappa shape index (κ2) is 8.33. The highest BCUT2D eigenvalue weighted by atomic mass is 32.2. The number of halogens is 5. The van der Waals surface area contributed by atoms with Crippen molar-refractivity contribution in [3.63, 3.8) is 0 Å². The summed E-state index contributed by atoms with van der Waals surface area (Å²) in [4.78, 5) is 12.1. The Morgan fingerprint density at radius 2 is 1.80 bits per heavy atom. The highest BCUT2D eigenvalue weighted by Crippen LogP contribution is 2.32. The van der Waals surface area contributed by atoms with Crippen LogP contribution in [-0.4, -0.2) is 11.7 Å². The van der Waals surface area contributed by atoms with Crippen molar-refractivity contribution >= 4 is 17.7 Å². The van der Waals surface area contributed by atoms with Crippen LogP contribution in [0.3, 0.4) is 0 Å². The molecule has 2 aromatic rings. The van der Waals surface area contributed by atoms with E-state index in [9.17, 15) is 26.7 Å². The highest BCUT2D eigenvalue weighted by molar-refractivity contribution is 7.99. The van der Waals surface area contributed by atoms with E-state index in [0.717, 1.165) is 23.9 Å². The molecule has 0 heterocycles. The predicted molar refractivity (Wildman–Crippen MR) is 85.0 cm³/mol. The monoisotopic (exact) mass is 375 g/mol. The van der Waals surface area contributed by atoms with Crippen molar-refractivity contribution < 1.29 is 26.7 Å². The Balaban J connectivity index is 1.87. The molecule has 2 nitrogen and oxygen atoms in total. The summed E-state index contributed by atoms with van der Waals surface area (Å²) in [5.74, 6) is -1.58. The molecule has 0 atom stereocenters. The normalized spacial score (nSPS) is 11.4. The lowest BCUT2D eigenvalue weighted by molar-refractivity contribution is -0.138. The van der Waals surface area contributed by atoms with Gasteiger partial charge in [-0.2, -0.15) is 13.2 Å². The first-order valence-electron chi connectivity index (χ1n) is 7.27. The Labute approximate surface area is 145 Å². The van der Waals surface area contributed by atoms with Gasteiger partial charge in [-0.05, 0) is 29.8 Å². The van der Waals surface area contributed by atoms with Crippen LogP contribution < -0.4 is 5.32 Å². The molecule has 0 aromatic heterocycles. The third-order valence-corrected chi connectivity index (χ3v) is 4.33. The van der Waals surface area contributed by atoms with E-state index in [-0.39, 0.29) is 24.3 Å². The predicted octanol–water partition coefficient (Wildman–Crippen LogP) is 4.78. The molecule has 2 rings (SSSR count). The van der Waals surface area contributed by atoms with Crippen LogP contribution in [0.5, 0.6) is 0 Å². The molecule has 25 heavy (non-hydrogen) atoms. The lowest BCUT2D eigenvalue weighted by Crippen LogP contribution is -2.24. The molecule has 0 aliphatic heterocycles. The van der Waals surface area contributed by atoms with Gasteiger partial charge in [0.25, 0.3) is 0 Å². The zero-order valence-corrected chi connectivity index (χ0v) is 13.7. The zero-order valence-electron chi connectivity index (χ0n) is 12.9. The first kappa shape index (κ1) is 19.2. The molecule has 0 spiro atoms. The number of hydrogen-bond donors (Lipinski definition) is 1. The van der Waals surface area contributed by atoms with E-state index < -0.39 is 29.3 Å². The van der Waals surface area contributed by atoms with Crippen molar-refractivity contribution in [1.29, 1.82) is 0 Å². The van der Waals surface area contributed by atoms with E-state index in [4.69, 9.17) is 0 Å². The molecule has 0 saturated heterocycles. The van der Waals surface area contributed by atoms with Gasteiger partial charge in [0.2, 0.25) is 5.91 Å². The van der Waals surface area contributed by atoms with Crippen LogP contribution in [-0.2, 0) is 17.5 Å². The molecule has 1 N–H and O–H groups in total. The second-order valence-electron chi connectivity index (χ2n) is 5.10. The van der Waals surface area contributed by atoms with Gasteiger partial charge < -0.3 is 5.32 Å². The third-order valence-electron chi connectivity index (χ3n) is 3.28. The van der Waals surface area contributed by atoms with Crippen LogP contribution >= 0.6 is 11.8 Å². The van der Waals surface area contributed by atoms with E-state index in [1.54, 1.807) is 18.2 Å². The van der Waals surface area contributed by atoms with Crippen molar-refractivity contribution in [3.8, 4) is 0 Å². The van der Waals surface area contributed by atoms with Crippen molar-refractivity contribution in [2.24, 2.45) is 0 Å². The molecular weight excluding hydrogens is 361 g/mol. The first-order valence-corrected chi connectivity index (χ1v) is 8.25. The fourth-order valence-corrected chi connectivity index (χ4v) is 2.95. The number of nitrogens with one attached hydrogen (secondary N) is 1. The van der Waals surface area contributed by atoms with Crippen LogP contribution in [0.2, 0.25) is 0 Å². The molecule has 0 unspecified atom stereocenters. The van der Waals surface area contributed by atoms with Crippen LogP contribution in [0.15, 0.2) is 47.4 Å². The number of rotatable bonds is 6.